The van der Waals surface area contributed by atoms with Crippen LogP contribution in [0, 0.1) is 13.8 Å². The van der Waals surface area contributed by atoms with E-state index in [4.69, 9.17) is 4.74 Å². The van der Waals surface area contributed by atoms with Gasteiger partial charge in [0.05, 0.1) is 11.8 Å². The maximum atomic E-state index is 5.58. The minimum Gasteiger partial charge on any atom is -0.377 e. The first kappa shape index (κ1) is 13.6. The van der Waals surface area contributed by atoms with Gasteiger partial charge in [0, 0.05) is 25.9 Å². The monoisotopic (exact) mass is 251 g/mol. The maximum Gasteiger partial charge on any atom is 0.0700 e. The van der Waals surface area contributed by atoms with Crippen molar-refractivity contribution in [2.45, 2.75) is 45.6 Å². The quantitative estimate of drug-likeness (QED) is 0.783. The van der Waals surface area contributed by atoms with E-state index in [-0.39, 0.29) is 0 Å². The van der Waals surface area contributed by atoms with Gasteiger partial charge in [-0.1, -0.05) is 0 Å². The second-order valence-corrected chi connectivity index (χ2v) is 5.22. The molecule has 102 valence electrons. The van der Waals surface area contributed by atoms with Gasteiger partial charge in [-0.05, 0) is 51.6 Å². The predicted octanol–water partition coefficient (Wildman–Crippen LogP) is 1.74. The molecule has 2 heterocycles. The Kier molecular flexibility index (Phi) is 4.78. The molecule has 1 fully saturated rings. The molecule has 0 bridgehead atoms. The van der Waals surface area contributed by atoms with Crippen LogP contribution in [-0.2, 0) is 18.2 Å². The van der Waals surface area contributed by atoms with Crippen LogP contribution in [0.5, 0.6) is 0 Å². The van der Waals surface area contributed by atoms with Gasteiger partial charge < -0.3 is 10.1 Å². The van der Waals surface area contributed by atoms with Gasteiger partial charge in [0.1, 0.15) is 0 Å². The van der Waals surface area contributed by atoms with Gasteiger partial charge in [0.2, 0.25) is 0 Å². The summed E-state index contributed by atoms with van der Waals surface area (Å²) in [6, 6.07) is 0. The van der Waals surface area contributed by atoms with Crippen molar-refractivity contribution < 1.29 is 4.74 Å². The molecule has 4 heteroatoms. The third kappa shape index (κ3) is 3.33. The number of hydrogen-bond acceptors (Lipinski definition) is 3. The summed E-state index contributed by atoms with van der Waals surface area (Å²) >= 11 is 0. The van der Waals surface area contributed by atoms with E-state index in [1.807, 2.05) is 11.7 Å². The summed E-state index contributed by atoms with van der Waals surface area (Å²) in [6.07, 6.45) is 5.17. The summed E-state index contributed by atoms with van der Waals surface area (Å²) in [5, 5.41) is 7.94. The fraction of sp³-hybridized carbons (Fsp3) is 0.786. The Bertz CT molecular complexity index is 381. The molecule has 1 saturated heterocycles. The van der Waals surface area contributed by atoms with Crippen LogP contribution in [0.1, 0.15) is 36.2 Å². The van der Waals surface area contributed by atoms with Crippen LogP contribution < -0.4 is 5.32 Å². The van der Waals surface area contributed by atoms with E-state index >= 15 is 0 Å². The summed E-state index contributed by atoms with van der Waals surface area (Å²) in [5.74, 6) is 0. The molecular formula is C14H25N3O. The number of nitrogens with one attached hydrogen (secondary N) is 1. The zero-order chi connectivity index (χ0) is 13.0. The lowest BCUT2D eigenvalue weighted by Crippen LogP contribution is -2.27. The van der Waals surface area contributed by atoms with E-state index in [0.29, 0.717) is 6.10 Å². The van der Waals surface area contributed by atoms with Gasteiger partial charge >= 0.3 is 0 Å². The molecule has 1 aromatic rings. The zero-order valence-corrected chi connectivity index (χ0v) is 11.8. The summed E-state index contributed by atoms with van der Waals surface area (Å²) in [5.41, 5.74) is 3.89. The van der Waals surface area contributed by atoms with E-state index in [1.165, 1.54) is 36.2 Å². The molecular weight excluding hydrogens is 226 g/mol. The Morgan fingerprint density at radius 1 is 1.44 bits per heavy atom. The Morgan fingerprint density at radius 2 is 2.28 bits per heavy atom. The first-order valence-electron chi connectivity index (χ1n) is 7.00. The highest BCUT2D eigenvalue weighted by Gasteiger charge is 2.14. The molecule has 0 radical (unpaired) electrons. The minimum atomic E-state index is 0.451. The zero-order valence-electron chi connectivity index (χ0n) is 11.8. The van der Waals surface area contributed by atoms with Gasteiger partial charge in [-0.3, -0.25) is 4.68 Å². The number of rotatable bonds is 6. The van der Waals surface area contributed by atoms with Crippen molar-refractivity contribution in [1.29, 1.82) is 0 Å². The molecule has 1 aromatic heterocycles. The Balaban J connectivity index is 1.65. The van der Waals surface area contributed by atoms with E-state index in [1.54, 1.807) is 0 Å². The average molecular weight is 251 g/mol. The van der Waals surface area contributed by atoms with Crippen molar-refractivity contribution >= 4 is 0 Å². The second-order valence-electron chi connectivity index (χ2n) is 5.22. The lowest BCUT2D eigenvalue weighted by molar-refractivity contribution is 0.110. The molecule has 0 aromatic carbocycles. The Morgan fingerprint density at radius 3 is 2.89 bits per heavy atom. The summed E-state index contributed by atoms with van der Waals surface area (Å²) in [6.45, 7) is 7.26. The molecule has 1 aliphatic rings. The molecule has 1 N–H and O–H groups in total. The normalized spacial score (nSPS) is 19.6. The molecule has 18 heavy (non-hydrogen) atoms. The lowest BCUT2D eigenvalue weighted by Gasteiger charge is -2.10. The maximum absolute atomic E-state index is 5.58. The number of aromatic nitrogens is 2. The predicted molar refractivity (Wildman–Crippen MR) is 72.8 cm³/mol. The van der Waals surface area contributed by atoms with Crippen LogP contribution in [0.3, 0.4) is 0 Å². The van der Waals surface area contributed by atoms with Crippen LogP contribution in [0.2, 0.25) is 0 Å². The number of nitrogens with zero attached hydrogens (tertiary/aromatic N) is 2. The third-order valence-corrected chi connectivity index (χ3v) is 3.84. The highest BCUT2D eigenvalue weighted by Crippen LogP contribution is 2.14. The van der Waals surface area contributed by atoms with Gasteiger partial charge in [-0.25, -0.2) is 0 Å². The molecule has 2 rings (SSSR count). The molecule has 0 aliphatic carbocycles. The minimum absolute atomic E-state index is 0.451. The van der Waals surface area contributed by atoms with E-state index in [9.17, 15) is 0 Å². The molecule has 1 unspecified atom stereocenters. The molecule has 0 spiro atoms. The van der Waals surface area contributed by atoms with Crippen LogP contribution in [0.25, 0.3) is 0 Å². The summed E-state index contributed by atoms with van der Waals surface area (Å²) in [7, 11) is 2.02. The largest absolute Gasteiger partial charge is 0.377 e. The van der Waals surface area contributed by atoms with Crippen molar-refractivity contribution in [2.75, 3.05) is 19.7 Å². The molecule has 1 atom stereocenters. The fourth-order valence-electron chi connectivity index (χ4n) is 2.64. The van der Waals surface area contributed by atoms with Crippen LogP contribution in [-0.4, -0.2) is 35.6 Å². The topological polar surface area (TPSA) is 39.1 Å². The van der Waals surface area contributed by atoms with Gasteiger partial charge in [0.25, 0.3) is 0 Å². The van der Waals surface area contributed by atoms with Crippen LogP contribution in [0.4, 0.5) is 0 Å². The average Bonchev–Trinajstić information content (AvgIpc) is 2.92. The molecule has 0 amide bonds. The number of aryl methyl sites for hydroxylation is 2. The first-order valence-corrected chi connectivity index (χ1v) is 7.00. The first-order chi connectivity index (χ1) is 8.68. The third-order valence-electron chi connectivity index (χ3n) is 3.84. The van der Waals surface area contributed by atoms with E-state index in [0.717, 1.165) is 26.1 Å². The van der Waals surface area contributed by atoms with Crippen molar-refractivity contribution in [3.8, 4) is 0 Å². The summed E-state index contributed by atoms with van der Waals surface area (Å²) < 4.78 is 7.56. The number of ether oxygens (including phenoxy) is 1. The molecule has 1 aliphatic heterocycles. The van der Waals surface area contributed by atoms with E-state index < -0.39 is 0 Å². The highest BCUT2D eigenvalue weighted by atomic mass is 16.5. The fourth-order valence-corrected chi connectivity index (χ4v) is 2.64. The van der Waals surface area contributed by atoms with Crippen LogP contribution >= 0.6 is 0 Å². The van der Waals surface area contributed by atoms with Crippen molar-refractivity contribution in [1.82, 2.24) is 15.1 Å². The standard InChI is InChI=1S/C14H25N3O/c1-11-14(12(2)17(3)16-11)7-4-8-15-10-13-6-5-9-18-13/h13,15H,4-10H2,1-3H3. The lowest BCUT2D eigenvalue weighted by atomic mass is 10.1. The SMILES string of the molecule is Cc1nn(C)c(C)c1CCCNCC1CCCO1. The Labute approximate surface area is 110 Å². The smallest absolute Gasteiger partial charge is 0.0700 e. The number of hydrogen-bond donors (Lipinski definition) is 1. The molecule has 4 nitrogen and oxygen atoms in total. The van der Waals surface area contributed by atoms with Crippen molar-refractivity contribution in [3.05, 3.63) is 17.0 Å². The second kappa shape index (κ2) is 6.34. The summed E-state index contributed by atoms with van der Waals surface area (Å²) in [4.78, 5) is 0. The van der Waals surface area contributed by atoms with E-state index in [2.05, 4.69) is 24.3 Å². The van der Waals surface area contributed by atoms with Gasteiger partial charge in [0.15, 0.2) is 0 Å². The van der Waals surface area contributed by atoms with Crippen molar-refractivity contribution in [2.24, 2.45) is 7.05 Å². The van der Waals surface area contributed by atoms with Crippen molar-refractivity contribution in [3.63, 3.8) is 0 Å². The van der Waals surface area contributed by atoms with Gasteiger partial charge in [-0.2, -0.15) is 5.10 Å². The molecule has 0 saturated carbocycles. The highest BCUT2D eigenvalue weighted by molar-refractivity contribution is 5.24. The Hall–Kier alpha value is -0.870. The van der Waals surface area contributed by atoms with Crippen LogP contribution in [0.15, 0.2) is 0 Å². The van der Waals surface area contributed by atoms with Gasteiger partial charge in [-0.15, -0.1) is 0 Å².